The Bertz CT molecular complexity index is 1000. The van der Waals surface area contributed by atoms with Gasteiger partial charge in [-0.05, 0) is 68.1 Å². The fourth-order valence-electron chi connectivity index (χ4n) is 3.11. The number of aryl methyl sites for hydroxylation is 1. The first kappa shape index (κ1) is 20.4. The summed E-state index contributed by atoms with van der Waals surface area (Å²) in [5.74, 6) is 8.50. The number of ketones is 1. The third kappa shape index (κ3) is 6.65. The monoisotopic (exact) mass is 387 g/mol. The number of aromatic nitrogens is 1. The van der Waals surface area contributed by atoms with E-state index in [9.17, 15) is 4.79 Å². The smallest absolute Gasteiger partial charge is 0.134 e. The molecule has 0 saturated heterocycles. The lowest BCUT2D eigenvalue weighted by Crippen LogP contribution is -2.04. The molecule has 1 aromatic heterocycles. The van der Waals surface area contributed by atoms with Gasteiger partial charge >= 0.3 is 0 Å². The fourth-order valence-corrected chi connectivity index (χ4v) is 3.11. The number of benzene rings is 2. The Labute approximate surface area is 171 Å². The van der Waals surface area contributed by atoms with E-state index in [0.29, 0.717) is 18.9 Å². The molecule has 3 rings (SSSR count). The quantitative estimate of drug-likeness (QED) is 0.528. The minimum absolute atomic E-state index is 0.240. The predicted molar refractivity (Wildman–Crippen MR) is 113 cm³/mol. The molecule has 4 nitrogen and oxygen atoms in total. The van der Waals surface area contributed by atoms with Gasteiger partial charge in [0.2, 0.25) is 0 Å². The zero-order chi connectivity index (χ0) is 20.6. The SMILES string of the molecule is CC(=O)CC(C)Cc1ccc(C#Cc2ccc(OCc3cc(C)on3)cc2)cc1. The lowest BCUT2D eigenvalue weighted by Gasteiger charge is -2.09. The largest absolute Gasteiger partial charge is 0.487 e. The van der Waals surface area contributed by atoms with Gasteiger partial charge < -0.3 is 14.1 Å². The van der Waals surface area contributed by atoms with Gasteiger partial charge in [-0.1, -0.05) is 36.1 Å². The zero-order valence-corrected chi connectivity index (χ0v) is 17.1. The third-order valence-electron chi connectivity index (χ3n) is 4.44. The minimum Gasteiger partial charge on any atom is -0.487 e. The molecule has 0 aliphatic carbocycles. The first-order valence-corrected chi connectivity index (χ1v) is 9.73. The summed E-state index contributed by atoms with van der Waals surface area (Å²) in [6.07, 6.45) is 1.53. The van der Waals surface area contributed by atoms with Gasteiger partial charge in [0.15, 0.2) is 0 Å². The molecule has 3 aromatic rings. The third-order valence-corrected chi connectivity index (χ3v) is 4.44. The summed E-state index contributed by atoms with van der Waals surface area (Å²) >= 11 is 0. The number of nitrogens with zero attached hydrogens (tertiary/aromatic N) is 1. The van der Waals surface area contributed by atoms with Crippen LogP contribution < -0.4 is 4.74 Å². The molecule has 0 amide bonds. The molecule has 0 aliphatic rings. The number of hydrogen-bond donors (Lipinski definition) is 0. The van der Waals surface area contributed by atoms with Gasteiger partial charge in [0.05, 0.1) is 0 Å². The van der Waals surface area contributed by atoms with Crippen molar-refractivity contribution in [1.29, 1.82) is 0 Å². The second-order valence-electron chi connectivity index (χ2n) is 7.40. The standard InChI is InChI=1S/C25H25NO3/c1-18(14-19(2)27)15-23-8-6-21(7-9-23)4-5-22-10-12-25(13-11-22)28-17-24-16-20(3)29-26-24/h6-13,16,18H,14-15,17H2,1-3H3. The lowest BCUT2D eigenvalue weighted by molar-refractivity contribution is -0.117. The van der Waals surface area contributed by atoms with Crippen molar-refractivity contribution in [2.45, 2.75) is 40.2 Å². The van der Waals surface area contributed by atoms with Crippen molar-refractivity contribution in [1.82, 2.24) is 5.16 Å². The second-order valence-corrected chi connectivity index (χ2v) is 7.40. The Hall–Kier alpha value is -3.32. The van der Waals surface area contributed by atoms with Gasteiger partial charge in [0, 0.05) is 23.6 Å². The molecule has 2 aromatic carbocycles. The zero-order valence-electron chi connectivity index (χ0n) is 17.1. The van der Waals surface area contributed by atoms with Crippen LogP contribution in [-0.2, 0) is 17.8 Å². The summed E-state index contributed by atoms with van der Waals surface area (Å²) in [7, 11) is 0. The molecule has 4 heteroatoms. The Balaban J connectivity index is 1.54. The fraction of sp³-hybridized carbons (Fsp3) is 0.280. The van der Waals surface area contributed by atoms with Crippen LogP contribution in [0.3, 0.4) is 0 Å². The molecule has 0 saturated carbocycles. The summed E-state index contributed by atoms with van der Waals surface area (Å²) in [6.45, 7) is 5.98. The van der Waals surface area contributed by atoms with Gasteiger partial charge in [0.25, 0.3) is 0 Å². The van der Waals surface area contributed by atoms with E-state index in [-0.39, 0.29) is 5.78 Å². The summed E-state index contributed by atoms with van der Waals surface area (Å²) in [6, 6.07) is 17.8. The highest BCUT2D eigenvalue weighted by Crippen LogP contribution is 2.15. The maximum absolute atomic E-state index is 11.2. The molecule has 0 N–H and O–H groups in total. The lowest BCUT2D eigenvalue weighted by atomic mass is 9.96. The van der Waals surface area contributed by atoms with Crippen LogP contribution in [0, 0.1) is 24.7 Å². The van der Waals surface area contributed by atoms with Crippen molar-refractivity contribution in [2.24, 2.45) is 5.92 Å². The minimum atomic E-state index is 0.240. The Kier molecular flexibility index (Phi) is 6.86. The molecule has 0 radical (unpaired) electrons. The van der Waals surface area contributed by atoms with Crippen molar-refractivity contribution in [3.05, 3.63) is 82.7 Å². The summed E-state index contributed by atoms with van der Waals surface area (Å²) < 4.78 is 10.7. The average molecular weight is 387 g/mol. The maximum Gasteiger partial charge on any atom is 0.134 e. The van der Waals surface area contributed by atoms with Crippen molar-refractivity contribution >= 4 is 5.78 Å². The molecule has 0 spiro atoms. The first-order chi connectivity index (χ1) is 14.0. The van der Waals surface area contributed by atoms with E-state index >= 15 is 0 Å². The maximum atomic E-state index is 11.2. The van der Waals surface area contributed by atoms with Crippen LogP contribution in [0.1, 0.15) is 48.4 Å². The second kappa shape index (κ2) is 9.75. The van der Waals surface area contributed by atoms with Crippen LogP contribution in [-0.4, -0.2) is 10.9 Å². The average Bonchev–Trinajstić information content (AvgIpc) is 3.11. The van der Waals surface area contributed by atoms with E-state index in [0.717, 1.165) is 34.8 Å². The topological polar surface area (TPSA) is 52.3 Å². The Morgan fingerprint density at radius 3 is 2.24 bits per heavy atom. The molecule has 29 heavy (non-hydrogen) atoms. The number of ether oxygens (including phenoxy) is 1. The number of rotatable bonds is 7. The van der Waals surface area contributed by atoms with Crippen molar-refractivity contribution in [2.75, 3.05) is 0 Å². The number of hydrogen-bond acceptors (Lipinski definition) is 4. The number of Topliss-reactive ketones (excluding diaryl/α,β-unsaturated/α-hetero) is 1. The molecular weight excluding hydrogens is 362 g/mol. The van der Waals surface area contributed by atoms with Crippen LogP contribution in [0.25, 0.3) is 0 Å². The van der Waals surface area contributed by atoms with Crippen molar-refractivity contribution in [3.63, 3.8) is 0 Å². The molecule has 1 atom stereocenters. The summed E-state index contributed by atoms with van der Waals surface area (Å²) in [5.41, 5.74) is 3.89. The first-order valence-electron chi connectivity index (χ1n) is 9.73. The van der Waals surface area contributed by atoms with Crippen LogP contribution in [0.5, 0.6) is 5.75 Å². The summed E-state index contributed by atoms with van der Waals surface area (Å²) in [4.78, 5) is 11.2. The van der Waals surface area contributed by atoms with Gasteiger partial charge in [-0.25, -0.2) is 0 Å². The van der Waals surface area contributed by atoms with Crippen molar-refractivity contribution < 1.29 is 14.1 Å². The Morgan fingerprint density at radius 2 is 1.69 bits per heavy atom. The normalized spacial score (nSPS) is 11.4. The van der Waals surface area contributed by atoms with E-state index in [1.807, 2.05) is 49.4 Å². The van der Waals surface area contributed by atoms with Gasteiger partial charge in [-0.3, -0.25) is 0 Å². The Morgan fingerprint density at radius 1 is 1.07 bits per heavy atom. The van der Waals surface area contributed by atoms with Gasteiger partial charge in [-0.2, -0.15) is 0 Å². The molecule has 1 heterocycles. The van der Waals surface area contributed by atoms with Gasteiger partial charge in [-0.15, -0.1) is 0 Å². The van der Waals surface area contributed by atoms with E-state index in [2.05, 4.69) is 36.1 Å². The molecule has 0 aliphatic heterocycles. The molecule has 0 fully saturated rings. The van der Waals surface area contributed by atoms with Gasteiger partial charge in [0.1, 0.15) is 29.6 Å². The molecule has 0 bridgehead atoms. The van der Waals surface area contributed by atoms with E-state index < -0.39 is 0 Å². The van der Waals surface area contributed by atoms with Crippen LogP contribution in [0.15, 0.2) is 59.1 Å². The van der Waals surface area contributed by atoms with Crippen LogP contribution in [0.2, 0.25) is 0 Å². The number of carbonyl (C=O) groups is 1. The van der Waals surface area contributed by atoms with E-state index in [1.54, 1.807) is 6.92 Å². The molecule has 148 valence electrons. The number of carbonyl (C=O) groups excluding carboxylic acids is 1. The predicted octanol–water partition coefficient (Wildman–Crippen LogP) is 5.12. The van der Waals surface area contributed by atoms with Crippen LogP contribution >= 0.6 is 0 Å². The highest BCUT2D eigenvalue weighted by Gasteiger charge is 2.06. The molecule has 1 unspecified atom stereocenters. The summed E-state index contributed by atoms with van der Waals surface area (Å²) in [5, 5.41) is 3.91. The van der Waals surface area contributed by atoms with Crippen molar-refractivity contribution in [3.8, 4) is 17.6 Å². The van der Waals surface area contributed by atoms with E-state index in [1.165, 1.54) is 5.56 Å². The molecular formula is C25H25NO3. The van der Waals surface area contributed by atoms with Crippen LogP contribution in [0.4, 0.5) is 0 Å². The highest BCUT2D eigenvalue weighted by atomic mass is 16.5. The van der Waals surface area contributed by atoms with E-state index in [4.69, 9.17) is 9.26 Å². The highest BCUT2D eigenvalue weighted by molar-refractivity contribution is 5.75.